The van der Waals surface area contributed by atoms with Crippen LogP contribution in [0.5, 0.6) is 0 Å². The molecular formula is C74H116O32. The van der Waals surface area contributed by atoms with Crippen molar-refractivity contribution >= 4 is 29.8 Å². The largest absolute Gasteiger partial charge is 0.490 e. The van der Waals surface area contributed by atoms with E-state index in [-0.39, 0.29) is 62.2 Å². The molecule has 5 aliphatic heterocycles. The molecule has 13 N–H and O–H groups in total. The second-order valence-corrected chi connectivity index (χ2v) is 33.0. The van der Waals surface area contributed by atoms with E-state index in [9.17, 15) is 85.6 Å². The molecule has 0 spiro atoms. The molecule has 0 bridgehead atoms. The predicted octanol–water partition coefficient (Wildman–Crippen LogP) is 0.814. The average molecular weight is 1520 g/mol. The van der Waals surface area contributed by atoms with E-state index in [1.165, 1.54) is 21.0 Å². The number of aliphatic hydroxyl groups excluding tert-OH is 12. The van der Waals surface area contributed by atoms with Gasteiger partial charge in [0.2, 0.25) is 6.29 Å². The van der Waals surface area contributed by atoms with Crippen molar-refractivity contribution in [2.24, 2.45) is 62.1 Å². The number of carboxylic acid groups (broad SMARTS) is 1. The standard InChI is InChI=1S/C74H116O32/c1-15-31(3)33(5)95-54-35(7)97-66(59(58(54)104-63-52(86)48(82)46(80)40(29-76)99-63)105-64-53(87)55(44(78)34(6)96-64)101-61(90)32(4)16-2)106-68(92)74-25-23-69(9,67(91)93-14)27-38(74)37-17-18-42-70(10)21-20-43(71(11,30-94-36(8)77)41(70)19-22-73(42,13)72(37,12)24-26-74)100-65-57(50(84)49(83)56(102-65)60(88)89)103-62-51(85)47(81)45(79)39(28-75)98-62/h17,31-32,34-35,38-59,62-66,75-76,78-87H,5,15-16,18-30H2,1-4,6-14H3,(H,88,89)/t31-,32-,34?,35?,38?,39?,40?,41?,42?,43-,44-,45-,46+,47-,48-,49+,50-,51?,52?,53?,54+,55-,56?,57?,58?,59+,62-,63-,64-,65+,66-,69-,70-,71-,72+,73+,74-/m0/s1. The molecule has 4 saturated carbocycles. The van der Waals surface area contributed by atoms with E-state index in [1.807, 2.05) is 27.7 Å². The highest BCUT2D eigenvalue weighted by Gasteiger charge is 2.72. The van der Waals surface area contributed by atoms with E-state index >= 15 is 4.79 Å². The Morgan fingerprint density at radius 3 is 1.72 bits per heavy atom. The van der Waals surface area contributed by atoms with Gasteiger partial charge in [0.25, 0.3) is 0 Å². The topological polar surface area (TPSA) is 478 Å². The number of carbonyl (C=O) groups is 5. The smallest absolute Gasteiger partial charge is 0.335 e. The molecule has 5 saturated heterocycles. The molecule has 0 radical (unpaired) electrons. The maximum Gasteiger partial charge on any atom is 0.335 e. The molecular weight excluding hydrogens is 1400 g/mol. The third kappa shape index (κ3) is 15.0. The summed E-state index contributed by atoms with van der Waals surface area (Å²) < 4.78 is 87.4. The Bertz CT molecular complexity index is 3150. The van der Waals surface area contributed by atoms with Crippen molar-refractivity contribution in [3.05, 3.63) is 24.0 Å². The van der Waals surface area contributed by atoms with Gasteiger partial charge in [-0.05, 0) is 132 Å². The third-order valence-corrected chi connectivity index (χ3v) is 26.9. The van der Waals surface area contributed by atoms with E-state index in [2.05, 4.69) is 33.4 Å². The highest BCUT2D eigenvalue weighted by atomic mass is 16.8. The van der Waals surface area contributed by atoms with Gasteiger partial charge >= 0.3 is 29.8 Å². The summed E-state index contributed by atoms with van der Waals surface area (Å²) in [6, 6.07) is 0. The minimum absolute atomic E-state index is 0.0931. The Morgan fingerprint density at radius 1 is 0.566 bits per heavy atom. The van der Waals surface area contributed by atoms with Crippen LogP contribution in [0, 0.1) is 62.1 Å². The summed E-state index contributed by atoms with van der Waals surface area (Å²) >= 11 is 0. The number of fused-ring (bicyclic) bond motifs is 7. The number of rotatable bonds is 23. The fourth-order valence-corrected chi connectivity index (χ4v) is 19.6. The first-order chi connectivity index (χ1) is 49.7. The molecule has 32 heteroatoms. The number of methoxy groups -OCH3 is 1. The minimum atomic E-state index is -2.13. The molecule has 32 nitrogen and oxygen atoms in total. The van der Waals surface area contributed by atoms with Crippen molar-refractivity contribution < 1.29 is 157 Å². The molecule has 0 aromatic rings. The molecule has 0 aromatic carbocycles. The van der Waals surface area contributed by atoms with Crippen LogP contribution in [0.1, 0.15) is 160 Å². The first kappa shape index (κ1) is 84.2. The van der Waals surface area contributed by atoms with Crippen molar-refractivity contribution in [2.45, 2.75) is 320 Å². The van der Waals surface area contributed by atoms with Crippen LogP contribution in [0.4, 0.5) is 0 Å². The zero-order chi connectivity index (χ0) is 78.2. The Balaban J connectivity index is 1.01. The average Bonchev–Trinajstić information content (AvgIpc) is 0.673. The molecule has 10 rings (SSSR count). The molecule has 5 heterocycles. The summed E-state index contributed by atoms with van der Waals surface area (Å²) in [5.41, 5.74) is -4.71. The number of hydrogen-bond donors (Lipinski definition) is 13. The highest BCUT2D eigenvalue weighted by Crippen LogP contribution is 2.76. The molecule has 5 aliphatic carbocycles. The lowest BCUT2D eigenvalue weighted by Gasteiger charge is -2.71. The molecule has 10 aliphatic rings. The monoisotopic (exact) mass is 1520 g/mol. The molecule has 0 aromatic heterocycles. The molecule has 604 valence electrons. The maximum absolute atomic E-state index is 16.5. The van der Waals surface area contributed by atoms with Crippen LogP contribution in [0.2, 0.25) is 0 Å². The summed E-state index contributed by atoms with van der Waals surface area (Å²) in [5.74, 6) is -6.19. The van der Waals surface area contributed by atoms with Crippen molar-refractivity contribution in [2.75, 3.05) is 26.9 Å². The summed E-state index contributed by atoms with van der Waals surface area (Å²) in [4.78, 5) is 69.8. The van der Waals surface area contributed by atoms with Gasteiger partial charge in [-0.25, -0.2) is 4.79 Å². The van der Waals surface area contributed by atoms with Gasteiger partial charge in [0.1, 0.15) is 85.5 Å². The number of aliphatic carboxylic acids is 1. The Morgan fingerprint density at radius 2 is 1.14 bits per heavy atom. The van der Waals surface area contributed by atoms with Gasteiger partial charge in [0.15, 0.2) is 49.6 Å². The fraction of sp³-hybridized carbons (Fsp3) is 0.878. The van der Waals surface area contributed by atoms with Crippen LogP contribution in [0.15, 0.2) is 24.0 Å². The van der Waals surface area contributed by atoms with Crippen molar-refractivity contribution in [3.63, 3.8) is 0 Å². The highest BCUT2D eigenvalue weighted by molar-refractivity contribution is 5.81. The van der Waals surface area contributed by atoms with Crippen LogP contribution >= 0.6 is 0 Å². The lowest BCUT2D eigenvalue weighted by Crippen LogP contribution is -2.68. The second-order valence-electron chi connectivity index (χ2n) is 33.0. The molecule has 13 unspecified atom stereocenters. The summed E-state index contributed by atoms with van der Waals surface area (Å²) in [7, 11) is 1.30. The van der Waals surface area contributed by atoms with Crippen molar-refractivity contribution in [1.82, 2.24) is 0 Å². The quantitative estimate of drug-likeness (QED) is 0.0221. The van der Waals surface area contributed by atoms with Gasteiger partial charge in [0, 0.05) is 18.3 Å². The molecule has 9 fully saturated rings. The Kier molecular flexibility index (Phi) is 25.8. The third-order valence-electron chi connectivity index (χ3n) is 26.9. The number of hydrogen-bond acceptors (Lipinski definition) is 31. The number of ether oxygens (including phenoxy) is 14. The van der Waals surface area contributed by atoms with Crippen LogP contribution in [0.25, 0.3) is 0 Å². The second kappa shape index (κ2) is 32.5. The normalized spacial score (nSPS) is 48.6. The van der Waals surface area contributed by atoms with E-state index in [0.717, 1.165) is 5.57 Å². The van der Waals surface area contributed by atoms with Gasteiger partial charge in [-0.15, -0.1) is 0 Å². The van der Waals surface area contributed by atoms with Crippen LogP contribution in [-0.2, 0) is 90.3 Å². The lowest BCUT2D eigenvalue weighted by atomic mass is 9.33. The zero-order valence-corrected chi connectivity index (χ0v) is 62.9. The minimum Gasteiger partial charge on any atom is -0.490 e. The number of allylic oxidation sites excluding steroid dienone is 3. The van der Waals surface area contributed by atoms with Crippen molar-refractivity contribution in [3.8, 4) is 0 Å². The SMILES string of the molecule is C=C(O[C@@H]1C(C)O[C@@H](OC(=O)[C@]23CC[C@](C)(C(=O)OC)CC2C2=CCC4[C@@]5(C)CC[C@H](O[C@@H]6OC(C(=O)O)[C@H](O)[C@H](O)C6O[C@@H]6OC(CO)[C@H](O)[C@H](O)C6O)[C@@](C)(COC(C)=O)C5CC[C@@]4(C)[C@]2(C)CC3)[C@H](O[C@@H]2OC(C)[C@H](O)[C@H](OC(=O)[C@@H](C)CC)C2O)C1O[C@@H]1OC(CO)[C@@H](O)[C@H](O)C1O)[C@@H](C)CC. The van der Waals surface area contributed by atoms with Gasteiger partial charge in [-0.2, -0.15) is 0 Å². The van der Waals surface area contributed by atoms with Gasteiger partial charge in [0.05, 0.1) is 67.7 Å². The maximum atomic E-state index is 16.5. The van der Waals surface area contributed by atoms with Gasteiger partial charge in [-0.1, -0.05) is 73.6 Å². The predicted molar refractivity (Wildman–Crippen MR) is 361 cm³/mol. The van der Waals surface area contributed by atoms with Gasteiger partial charge in [-0.3, -0.25) is 19.2 Å². The van der Waals surface area contributed by atoms with E-state index in [4.69, 9.17) is 66.3 Å². The first-order valence-corrected chi connectivity index (χ1v) is 37.5. The van der Waals surface area contributed by atoms with E-state index in [0.29, 0.717) is 44.9 Å². The zero-order valence-electron chi connectivity index (χ0n) is 62.9. The lowest BCUT2D eigenvalue weighted by molar-refractivity contribution is -0.386. The number of carbonyl (C=O) groups excluding carboxylic acids is 4. The van der Waals surface area contributed by atoms with Crippen LogP contribution in [-0.4, -0.2) is 283 Å². The first-order valence-electron chi connectivity index (χ1n) is 37.5. The number of esters is 4. The fourth-order valence-electron chi connectivity index (χ4n) is 19.6. The van der Waals surface area contributed by atoms with E-state index < -0.39 is 247 Å². The summed E-state index contributed by atoms with van der Waals surface area (Å²) in [5, 5.41) is 143. The molecule has 0 amide bonds. The van der Waals surface area contributed by atoms with Crippen LogP contribution < -0.4 is 0 Å². The van der Waals surface area contributed by atoms with Crippen molar-refractivity contribution in [1.29, 1.82) is 0 Å². The summed E-state index contributed by atoms with van der Waals surface area (Å²) in [6.45, 7) is 24.1. The summed E-state index contributed by atoms with van der Waals surface area (Å²) in [6.07, 6.45) is -38.9. The molecule has 106 heavy (non-hydrogen) atoms. The Labute approximate surface area is 617 Å². The number of carboxylic acids is 1. The Hall–Kier alpha value is -4.21. The number of aliphatic hydroxyl groups is 12. The van der Waals surface area contributed by atoms with Crippen LogP contribution in [0.3, 0.4) is 0 Å². The molecule has 37 atom stereocenters. The van der Waals surface area contributed by atoms with Gasteiger partial charge < -0.3 is 133 Å². The van der Waals surface area contributed by atoms with E-state index in [1.54, 1.807) is 20.8 Å².